The molecule has 0 bridgehead atoms. The molecule has 204 valence electrons. The molecule has 40 heavy (non-hydrogen) atoms. The molecule has 0 radical (unpaired) electrons. The summed E-state index contributed by atoms with van der Waals surface area (Å²) in [5, 5.41) is 0. The van der Waals surface area contributed by atoms with Crippen molar-refractivity contribution < 1.29 is 33.0 Å². The molecule has 0 spiro atoms. The van der Waals surface area contributed by atoms with Crippen LogP contribution in [0.15, 0.2) is 91.1 Å². The third-order valence-corrected chi connectivity index (χ3v) is 6.38. The average Bonchev–Trinajstić information content (AvgIpc) is 3.30. The minimum Gasteiger partial charge on any atom is -0.458 e. The summed E-state index contributed by atoms with van der Waals surface area (Å²) >= 11 is 0. The van der Waals surface area contributed by atoms with Gasteiger partial charge in [0.2, 0.25) is 0 Å². The molecule has 3 aromatic carbocycles. The number of halogens is 1. The topological polar surface area (TPSA) is 78.9 Å². The Bertz CT molecular complexity index is 1580. The van der Waals surface area contributed by atoms with Crippen LogP contribution in [0.5, 0.6) is 11.5 Å². The van der Waals surface area contributed by atoms with Crippen LogP contribution in [-0.4, -0.2) is 24.0 Å². The van der Waals surface area contributed by atoms with Gasteiger partial charge in [0.05, 0.1) is 0 Å². The molecule has 0 fully saturated rings. The summed E-state index contributed by atoms with van der Waals surface area (Å²) in [5.74, 6) is -2.22. The molecule has 0 aliphatic heterocycles. The number of ether oxygens (including phenoxy) is 3. The van der Waals surface area contributed by atoms with Gasteiger partial charge in [-0.15, -0.1) is 0 Å². The molecule has 3 aromatic rings. The Morgan fingerprint density at radius 3 is 1.85 bits per heavy atom. The largest absolute Gasteiger partial charge is 0.458 e. The monoisotopic (exact) mass is 540 g/mol. The quantitative estimate of drug-likeness (QED) is 0.180. The van der Waals surface area contributed by atoms with Crippen molar-refractivity contribution in [2.75, 3.05) is 0 Å². The third-order valence-electron chi connectivity index (χ3n) is 6.38. The van der Waals surface area contributed by atoms with Gasteiger partial charge < -0.3 is 14.2 Å². The Balaban J connectivity index is 1.60. The van der Waals surface area contributed by atoms with E-state index in [0.717, 1.165) is 11.1 Å². The van der Waals surface area contributed by atoms with Crippen molar-refractivity contribution >= 4 is 17.9 Å². The molecular formula is C33H29FO6. The fraction of sp³-hybridized carbons (Fsp3) is 0.182. The van der Waals surface area contributed by atoms with Crippen LogP contribution in [0.4, 0.5) is 4.39 Å². The van der Waals surface area contributed by atoms with Crippen LogP contribution in [0.1, 0.15) is 31.9 Å². The van der Waals surface area contributed by atoms with Crippen molar-refractivity contribution in [2.45, 2.75) is 39.7 Å². The molecule has 1 aliphatic carbocycles. The molecule has 0 amide bonds. The van der Waals surface area contributed by atoms with Gasteiger partial charge in [0.1, 0.15) is 11.9 Å². The predicted molar refractivity (Wildman–Crippen MR) is 150 cm³/mol. The van der Waals surface area contributed by atoms with Crippen molar-refractivity contribution in [1.82, 2.24) is 0 Å². The van der Waals surface area contributed by atoms with Crippen molar-refractivity contribution in [2.24, 2.45) is 0 Å². The fourth-order valence-corrected chi connectivity index (χ4v) is 4.24. The van der Waals surface area contributed by atoms with E-state index in [0.29, 0.717) is 40.7 Å². The van der Waals surface area contributed by atoms with E-state index in [-0.39, 0.29) is 28.7 Å². The molecule has 6 nitrogen and oxygen atoms in total. The number of hydrogen-bond donors (Lipinski definition) is 0. The Hall–Kier alpha value is -4.78. The lowest BCUT2D eigenvalue weighted by Crippen LogP contribution is -2.18. The standard InChI is InChI=1S/C33H29FO6/c1-18(2)31(35)38-26-14-21-7-8-24(13-25(21)15-26)27-11-9-22(16-28(27)34)23-10-12-29(39-32(36)19(3)4)30(17-23)40-33(37)20(5)6/h7-13,16-17,26H,1,3,5,14-15H2,2,4,6H3. The Morgan fingerprint density at radius 1 is 0.675 bits per heavy atom. The van der Waals surface area contributed by atoms with Crippen LogP contribution >= 0.6 is 0 Å². The Kier molecular flexibility index (Phi) is 8.14. The first-order valence-electron chi connectivity index (χ1n) is 12.6. The van der Waals surface area contributed by atoms with E-state index < -0.39 is 23.7 Å². The van der Waals surface area contributed by atoms with Crippen LogP contribution in [-0.2, 0) is 32.0 Å². The molecule has 0 saturated carbocycles. The van der Waals surface area contributed by atoms with Crippen LogP contribution in [0.25, 0.3) is 22.3 Å². The minimum atomic E-state index is -0.695. The molecular weight excluding hydrogens is 511 g/mol. The van der Waals surface area contributed by atoms with E-state index in [4.69, 9.17) is 14.2 Å². The lowest BCUT2D eigenvalue weighted by molar-refractivity contribution is -0.143. The maximum atomic E-state index is 15.4. The zero-order chi connectivity index (χ0) is 29.1. The molecule has 0 N–H and O–H groups in total. The number of carbonyl (C=O) groups is 3. The second kappa shape index (κ2) is 11.5. The van der Waals surface area contributed by atoms with E-state index in [1.54, 1.807) is 25.1 Å². The number of carbonyl (C=O) groups excluding carboxylic acids is 3. The zero-order valence-corrected chi connectivity index (χ0v) is 22.6. The summed E-state index contributed by atoms with van der Waals surface area (Å²) in [6.45, 7) is 15.4. The lowest BCUT2D eigenvalue weighted by Gasteiger charge is -2.13. The highest BCUT2D eigenvalue weighted by Gasteiger charge is 2.25. The smallest absolute Gasteiger partial charge is 0.338 e. The molecule has 7 heteroatoms. The average molecular weight is 541 g/mol. The van der Waals surface area contributed by atoms with Gasteiger partial charge in [-0.1, -0.05) is 56.1 Å². The number of rotatable bonds is 8. The molecule has 0 saturated heterocycles. The van der Waals surface area contributed by atoms with E-state index in [1.165, 1.54) is 32.0 Å². The second-order valence-electron chi connectivity index (χ2n) is 9.90. The van der Waals surface area contributed by atoms with Crippen molar-refractivity contribution in [3.63, 3.8) is 0 Å². The van der Waals surface area contributed by atoms with E-state index >= 15 is 4.39 Å². The normalized spacial score (nSPS) is 13.7. The van der Waals surface area contributed by atoms with Crippen LogP contribution < -0.4 is 9.47 Å². The molecule has 0 aromatic heterocycles. The fourth-order valence-electron chi connectivity index (χ4n) is 4.24. The first kappa shape index (κ1) is 28.2. The van der Waals surface area contributed by atoms with Crippen LogP contribution in [0, 0.1) is 5.82 Å². The number of fused-ring (bicyclic) bond motifs is 1. The summed E-state index contributed by atoms with van der Waals surface area (Å²) in [4.78, 5) is 36.2. The first-order chi connectivity index (χ1) is 18.9. The first-order valence-corrected chi connectivity index (χ1v) is 12.6. The van der Waals surface area contributed by atoms with Gasteiger partial charge in [-0.25, -0.2) is 18.8 Å². The van der Waals surface area contributed by atoms with Crippen molar-refractivity contribution in [1.29, 1.82) is 0 Å². The summed E-state index contributed by atoms with van der Waals surface area (Å²) in [5.41, 5.74) is 4.93. The van der Waals surface area contributed by atoms with E-state index in [1.807, 2.05) is 18.2 Å². The number of esters is 3. The molecule has 1 unspecified atom stereocenters. The van der Waals surface area contributed by atoms with Gasteiger partial charge in [-0.2, -0.15) is 0 Å². The van der Waals surface area contributed by atoms with Gasteiger partial charge in [0.15, 0.2) is 11.5 Å². The Morgan fingerprint density at radius 2 is 1.23 bits per heavy atom. The highest BCUT2D eigenvalue weighted by Crippen LogP contribution is 2.36. The third kappa shape index (κ3) is 6.26. The van der Waals surface area contributed by atoms with Crippen molar-refractivity contribution in [3.8, 4) is 33.8 Å². The maximum Gasteiger partial charge on any atom is 0.338 e. The van der Waals surface area contributed by atoms with Gasteiger partial charge >= 0.3 is 17.9 Å². The number of hydrogen-bond acceptors (Lipinski definition) is 6. The Labute approximate surface area is 232 Å². The predicted octanol–water partition coefficient (Wildman–Crippen LogP) is 6.71. The highest BCUT2D eigenvalue weighted by molar-refractivity contribution is 5.91. The van der Waals surface area contributed by atoms with Gasteiger partial charge in [0.25, 0.3) is 0 Å². The molecule has 1 atom stereocenters. The van der Waals surface area contributed by atoms with Gasteiger partial charge in [-0.05, 0) is 66.8 Å². The summed E-state index contributed by atoms with van der Waals surface area (Å²) in [6.07, 6.45) is 0.884. The highest BCUT2D eigenvalue weighted by atomic mass is 19.1. The van der Waals surface area contributed by atoms with Crippen LogP contribution in [0.3, 0.4) is 0 Å². The second-order valence-corrected chi connectivity index (χ2v) is 9.90. The summed E-state index contributed by atoms with van der Waals surface area (Å²) in [6, 6.07) is 15.1. The summed E-state index contributed by atoms with van der Waals surface area (Å²) in [7, 11) is 0. The molecule has 4 rings (SSSR count). The van der Waals surface area contributed by atoms with Gasteiger partial charge in [-0.3, -0.25) is 0 Å². The maximum absolute atomic E-state index is 15.4. The minimum absolute atomic E-state index is 0.00916. The van der Waals surface area contributed by atoms with Crippen LogP contribution in [0.2, 0.25) is 0 Å². The van der Waals surface area contributed by atoms with E-state index in [2.05, 4.69) is 19.7 Å². The van der Waals surface area contributed by atoms with Crippen molar-refractivity contribution in [3.05, 3.63) is 108 Å². The SMILES string of the molecule is C=C(C)C(=O)Oc1ccc(-c2ccc(-c3ccc4c(c3)CC(OC(=O)C(=C)C)C4)c(F)c2)cc1OC(=O)C(=C)C. The number of benzene rings is 3. The van der Waals surface area contributed by atoms with Gasteiger partial charge in [0, 0.05) is 35.1 Å². The molecule has 1 aliphatic rings. The summed E-state index contributed by atoms with van der Waals surface area (Å²) < 4.78 is 31.6. The lowest BCUT2D eigenvalue weighted by atomic mass is 9.97. The molecule has 0 heterocycles. The zero-order valence-electron chi connectivity index (χ0n) is 22.6. The van der Waals surface area contributed by atoms with E-state index in [9.17, 15) is 14.4 Å².